The van der Waals surface area contributed by atoms with Crippen LogP contribution in [-0.2, 0) is 20.7 Å². The maximum Gasteiger partial charge on any atom is 0.313 e. The molecule has 0 unspecified atom stereocenters. The van der Waals surface area contributed by atoms with Gasteiger partial charge in [-0.05, 0) is 12.1 Å². The molecule has 6 heteroatoms. The van der Waals surface area contributed by atoms with Gasteiger partial charge in [-0.1, -0.05) is 47.6 Å². The van der Waals surface area contributed by atoms with Gasteiger partial charge in [0.2, 0.25) is 6.10 Å². The van der Waals surface area contributed by atoms with Gasteiger partial charge in [0, 0.05) is 25.0 Å². The Morgan fingerprint density at radius 2 is 1.76 bits per heavy atom. The lowest BCUT2D eigenvalue weighted by atomic mass is 10.1. The number of hydrogen-bond acceptors (Lipinski definition) is 5. The first-order chi connectivity index (χ1) is 12.1. The van der Waals surface area contributed by atoms with Gasteiger partial charge in [0.25, 0.3) is 5.91 Å². The third-order valence-corrected chi connectivity index (χ3v) is 3.78. The minimum absolute atomic E-state index is 0.0684. The fourth-order valence-electron chi connectivity index (χ4n) is 2.50. The number of nitrogens with zero attached hydrogens (tertiary/aromatic N) is 2. The predicted octanol–water partition coefficient (Wildman–Crippen LogP) is 2.74. The molecular weight excluding hydrogens is 320 g/mol. The summed E-state index contributed by atoms with van der Waals surface area (Å²) < 4.78 is 10.7. The second kappa shape index (κ2) is 7.17. The molecule has 1 heterocycles. The van der Waals surface area contributed by atoms with Gasteiger partial charge >= 0.3 is 5.97 Å². The molecule has 0 bridgehead atoms. The Hall–Kier alpha value is -3.15. The van der Waals surface area contributed by atoms with Crippen molar-refractivity contribution in [3.8, 4) is 0 Å². The first kappa shape index (κ1) is 16.7. The number of likely N-dealkylation sites (N-methyl/N-ethyl adjacent to an activating group) is 1. The number of carbonyl (C=O) groups excluding carboxylic acids is 2. The lowest BCUT2D eigenvalue weighted by Gasteiger charge is -2.21. The van der Waals surface area contributed by atoms with Crippen LogP contribution in [-0.4, -0.2) is 36.0 Å². The highest BCUT2D eigenvalue weighted by Crippen LogP contribution is 2.22. The van der Waals surface area contributed by atoms with E-state index in [1.807, 2.05) is 24.3 Å². The number of carbonyl (C=O) groups is 2. The van der Waals surface area contributed by atoms with E-state index in [0.717, 1.165) is 5.39 Å². The minimum Gasteiger partial charge on any atom is -0.447 e. The molecule has 3 aromatic rings. The van der Waals surface area contributed by atoms with Crippen LogP contribution in [0.2, 0.25) is 0 Å². The SMILES string of the molecule is CN(C)C(=O)[C@H](OC(=O)Cc1noc2ccccc12)c1ccccc1. The molecule has 3 rings (SSSR count). The number of ether oxygens (including phenoxy) is 1. The molecule has 1 atom stereocenters. The van der Waals surface area contributed by atoms with Crippen LogP contribution in [0.15, 0.2) is 59.1 Å². The first-order valence-corrected chi connectivity index (χ1v) is 7.85. The van der Waals surface area contributed by atoms with Gasteiger partial charge in [-0.2, -0.15) is 0 Å². The summed E-state index contributed by atoms with van der Waals surface area (Å²) in [4.78, 5) is 26.2. The van der Waals surface area contributed by atoms with Crippen LogP contribution in [0.1, 0.15) is 17.4 Å². The summed E-state index contributed by atoms with van der Waals surface area (Å²) in [5, 5.41) is 4.68. The van der Waals surface area contributed by atoms with Crippen molar-refractivity contribution >= 4 is 22.8 Å². The van der Waals surface area contributed by atoms with E-state index in [9.17, 15) is 9.59 Å². The second-order valence-electron chi connectivity index (χ2n) is 5.82. The monoisotopic (exact) mass is 338 g/mol. The van der Waals surface area contributed by atoms with Crippen molar-refractivity contribution in [3.63, 3.8) is 0 Å². The zero-order chi connectivity index (χ0) is 17.8. The van der Waals surface area contributed by atoms with Gasteiger partial charge in [0.05, 0.1) is 6.42 Å². The Kier molecular flexibility index (Phi) is 4.79. The molecule has 128 valence electrons. The number of aromatic nitrogens is 1. The van der Waals surface area contributed by atoms with Gasteiger partial charge in [0.15, 0.2) is 5.58 Å². The predicted molar refractivity (Wildman–Crippen MR) is 91.7 cm³/mol. The number of fused-ring (bicyclic) bond motifs is 1. The van der Waals surface area contributed by atoms with E-state index in [2.05, 4.69) is 5.16 Å². The van der Waals surface area contributed by atoms with Crippen molar-refractivity contribution in [2.75, 3.05) is 14.1 Å². The van der Waals surface area contributed by atoms with Crippen LogP contribution in [0.3, 0.4) is 0 Å². The summed E-state index contributed by atoms with van der Waals surface area (Å²) in [6, 6.07) is 16.2. The zero-order valence-corrected chi connectivity index (χ0v) is 14.0. The molecule has 0 N–H and O–H groups in total. The van der Waals surface area contributed by atoms with Crippen LogP contribution >= 0.6 is 0 Å². The molecule has 0 saturated heterocycles. The van der Waals surface area contributed by atoms with E-state index in [1.165, 1.54) is 4.90 Å². The number of hydrogen-bond donors (Lipinski definition) is 0. The van der Waals surface area contributed by atoms with Gasteiger partial charge in [-0.15, -0.1) is 0 Å². The third-order valence-electron chi connectivity index (χ3n) is 3.78. The van der Waals surface area contributed by atoms with Crippen LogP contribution in [0.25, 0.3) is 11.0 Å². The summed E-state index contributed by atoms with van der Waals surface area (Å²) in [7, 11) is 3.24. The third kappa shape index (κ3) is 3.68. The smallest absolute Gasteiger partial charge is 0.313 e. The van der Waals surface area contributed by atoms with Crippen LogP contribution < -0.4 is 0 Å². The van der Waals surface area contributed by atoms with E-state index in [0.29, 0.717) is 16.8 Å². The quantitative estimate of drug-likeness (QED) is 0.669. The van der Waals surface area contributed by atoms with Gasteiger partial charge in [-0.25, -0.2) is 0 Å². The Bertz CT molecular complexity index is 887. The maximum absolute atomic E-state index is 12.4. The minimum atomic E-state index is -0.984. The Morgan fingerprint density at radius 1 is 1.08 bits per heavy atom. The van der Waals surface area contributed by atoms with E-state index in [1.54, 1.807) is 44.4 Å². The van der Waals surface area contributed by atoms with E-state index in [-0.39, 0.29) is 12.3 Å². The van der Waals surface area contributed by atoms with Crippen molar-refractivity contribution in [1.82, 2.24) is 10.1 Å². The molecule has 0 spiro atoms. The zero-order valence-electron chi connectivity index (χ0n) is 14.0. The number of esters is 1. The standard InChI is InChI=1S/C19H18N2O4/c1-21(2)19(23)18(13-8-4-3-5-9-13)24-17(22)12-15-14-10-6-7-11-16(14)25-20-15/h3-11,18H,12H2,1-2H3/t18-/m1/s1. The lowest BCUT2D eigenvalue weighted by molar-refractivity contribution is -0.159. The van der Waals surface area contributed by atoms with Gasteiger partial charge in [-0.3, -0.25) is 9.59 Å². The molecule has 0 aliphatic heterocycles. The molecule has 0 fully saturated rings. The van der Waals surface area contributed by atoms with E-state index < -0.39 is 12.1 Å². The molecule has 0 saturated carbocycles. The summed E-state index contributed by atoms with van der Waals surface area (Å²) in [5.74, 6) is -0.840. The van der Waals surface area contributed by atoms with Crippen molar-refractivity contribution in [2.24, 2.45) is 0 Å². The maximum atomic E-state index is 12.4. The first-order valence-electron chi connectivity index (χ1n) is 7.85. The highest BCUT2D eigenvalue weighted by atomic mass is 16.5. The molecule has 1 aromatic heterocycles. The molecule has 2 aromatic carbocycles. The normalized spacial score (nSPS) is 11.9. The molecule has 25 heavy (non-hydrogen) atoms. The van der Waals surface area contributed by atoms with Gasteiger partial charge in [0.1, 0.15) is 5.69 Å². The highest BCUT2D eigenvalue weighted by molar-refractivity contribution is 5.87. The van der Waals surface area contributed by atoms with E-state index in [4.69, 9.17) is 9.26 Å². The van der Waals surface area contributed by atoms with Crippen LogP contribution in [0.4, 0.5) is 0 Å². The van der Waals surface area contributed by atoms with Crippen LogP contribution in [0.5, 0.6) is 0 Å². The largest absolute Gasteiger partial charge is 0.447 e. The average molecular weight is 338 g/mol. The average Bonchev–Trinajstić information content (AvgIpc) is 3.03. The molecule has 1 amide bonds. The molecule has 0 aliphatic carbocycles. The highest BCUT2D eigenvalue weighted by Gasteiger charge is 2.27. The molecular formula is C19H18N2O4. The Labute approximate surface area is 145 Å². The van der Waals surface area contributed by atoms with Crippen molar-refractivity contribution in [2.45, 2.75) is 12.5 Å². The van der Waals surface area contributed by atoms with Crippen molar-refractivity contribution in [1.29, 1.82) is 0 Å². The molecule has 6 nitrogen and oxygen atoms in total. The lowest BCUT2D eigenvalue weighted by Crippen LogP contribution is -2.31. The summed E-state index contributed by atoms with van der Waals surface area (Å²) in [6.45, 7) is 0. The second-order valence-corrected chi connectivity index (χ2v) is 5.82. The fraction of sp³-hybridized carbons (Fsp3) is 0.211. The molecule has 0 aliphatic rings. The van der Waals surface area contributed by atoms with Crippen molar-refractivity contribution in [3.05, 3.63) is 65.9 Å². The van der Waals surface area contributed by atoms with Crippen LogP contribution in [0, 0.1) is 0 Å². The Morgan fingerprint density at radius 3 is 2.48 bits per heavy atom. The summed E-state index contributed by atoms with van der Waals surface area (Å²) >= 11 is 0. The number of amides is 1. The summed E-state index contributed by atoms with van der Waals surface area (Å²) in [5.41, 5.74) is 1.72. The van der Waals surface area contributed by atoms with E-state index >= 15 is 0 Å². The topological polar surface area (TPSA) is 72.6 Å². The number of para-hydroxylation sites is 1. The number of rotatable bonds is 5. The number of benzene rings is 2. The van der Waals surface area contributed by atoms with Gasteiger partial charge < -0.3 is 14.2 Å². The molecule has 0 radical (unpaired) electrons. The fourth-order valence-corrected chi connectivity index (χ4v) is 2.50. The summed E-state index contributed by atoms with van der Waals surface area (Å²) in [6.07, 6.45) is -1.05. The van der Waals surface area contributed by atoms with Crippen molar-refractivity contribution < 1.29 is 18.8 Å². The Balaban J connectivity index is 1.79.